The van der Waals surface area contributed by atoms with Gasteiger partial charge in [0.15, 0.2) is 11.0 Å². The zero-order chi connectivity index (χ0) is 20.1. The lowest BCUT2D eigenvalue weighted by Gasteiger charge is -2.08. The number of nitro benzene ring substituents is 1. The summed E-state index contributed by atoms with van der Waals surface area (Å²) in [5.41, 5.74) is 1.28. The normalized spacial score (nSPS) is 10.6. The van der Waals surface area contributed by atoms with Crippen LogP contribution in [0, 0.1) is 10.1 Å². The molecule has 1 heterocycles. The van der Waals surface area contributed by atoms with Crippen molar-refractivity contribution in [2.75, 3.05) is 11.1 Å². The highest BCUT2D eigenvalue weighted by atomic mass is 35.5. The summed E-state index contributed by atoms with van der Waals surface area (Å²) >= 11 is 7.30. The van der Waals surface area contributed by atoms with Gasteiger partial charge in [0.2, 0.25) is 5.91 Å². The summed E-state index contributed by atoms with van der Waals surface area (Å²) in [5, 5.41) is 22.9. The number of non-ortho nitro benzene ring substituents is 1. The van der Waals surface area contributed by atoms with E-state index in [-0.39, 0.29) is 17.3 Å². The highest BCUT2D eigenvalue weighted by Gasteiger charge is 2.16. The lowest BCUT2D eigenvalue weighted by Crippen LogP contribution is -2.15. The molecule has 0 aliphatic rings. The molecule has 0 aliphatic heterocycles. The fourth-order valence-corrected chi connectivity index (χ4v) is 3.49. The molecule has 0 radical (unpaired) electrons. The van der Waals surface area contributed by atoms with Crippen LogP contribution in [0.15, 0.2) is 53.7 Å². The van der Waals surface area contributed by atoms with Crippen LogP contribution in [0.5, 0.6) is 0 Å². The summed E-state index contributed by atoms with van der Waals surface area (Å²) in [5.74, 6) is 0.524. The molecule has 0 saturated carbocycles. The van der Waals surface area contributed by atoms with Crippen LogP contribution in [0.1, 0.15) is 6.92 Å². The minimum atomic E-state index is -0.451. The number of nitrogens with zero attached hydrogens (tertiary/aromatic N) is 4. The molecule has 28 heavy (non-hydrogen) atoms. The third-order valence-corrected chi connectivity index (χ3v) is 5.15. The minimum Gasteiger partial charge on any atom is -0.324 e. The highest BCUT2D eigenvalue weighted by molar-refractivity contribution is 7.99. The largest absolute Gasteiger partial charge is 0.324 e. The Morgan fingerprint density at radius 1 is 1.21 bits per heavy atom. The quantitative estimate of drug-likeness (QED) is 0.350. The van der Waals surface area contributed by atoms with Crippen LogP contribution in [0.3, 0.4) is 0 Å². The predicted molar refractivity (Wildman–Crippen MR) is 109 cm³/mol. The van der Waals surface area contributed by atoms with Crippen molar-refractivity contribution in [3.8, 4) is 11.4 Å². The van der Waals surface area contributed by atoms with Gasteiger partial charge in [-0.2, -0.15) is 0 Å². The molecular weight excluding hydrogens is 402 g/mol. The first-order valence-electron chi connectivity index (χ1n) is 8.34. The molecular formula is C18H16ClN5O3S. The average molecular weight is 418 g/mol. The molecule has 0 unspecified atom stereocenters. The number of rotatable bonds is 7. The van der Waals surface area contributed by atoms with Gasteiger partial charge in [0.25, 0.3) is 5.69 Å². The van der Waals surface area contributed by atoms with Crippen molar-refractivity contribution in [1.82, 2.24) is 14.8 Å². The molecule has 3 aromatic rings. The molecule has 0 aliphatic carbocycles. The zero-order valence-corrected chi connectivity index (χ0v) is 16.4. The van der Waals surface area contributed by atoms with Gasteiger partial charge in [-0.05, 0) is 31.2 Å². The van der Waals surface area contributed by atoms with E-state index in [1.807, 2.05) is 11.5 Å². The second-order valence-corrected chi connectivity index (χ2v) is 7.02. The van der Waals surface area contributed by atoms with E-state index in [0.29, 0.717) is 33.8 Å². The van der Waals surface area contributed by atoms with E-state index in [9.17, 15) is 14.9 Å². The highest BCUT2D eigenvalue weighted by Crippen LogP contribution is 2.26. The summed E-state index contributed by atoms with van der Waals surface area (Å²) in [7, 11) is 0. The number of carbonyl (C=O) groups is 1. The van der Waals surface area contributed by atoms with E-state index >= 15 is 0 Å². The molecule has 0 atom stereocenters. The van der Waals surface area contributed by atoms with Crippen LogP contribution in [0.2, 0.25) is 5.02 Å². The maximum absolute atomic E-state index is 12.2. The van der Waals surface area contributed by atoms with Gasteiger partial charge in [-0.3, -0.25) is 14.9 Å². The van der Waals surface area contributed by atoms with Crippen molar-refractivity contribution in [2.45, 2.75) is 18.6 Å². The molecule has 144 valence electrons. The van der Waals surface area contributed by atoms with Gasteiger partial charge in [-0.25, -0.2) is 0 Å². The maximum Gasteiger partial charge on any atom is 0.269 e. The van der Waals surface area contributed by atoms with E-state index in [1.54, 1.807) is 36.4 Å². The van der Waals surface area contributed by atoms with E-state index < -0.39 is 4.92 Å². The Morgan fingerprint density at radius 2 is 1.93 bits per heavy atom. The standard InChI is InChI=1S/C18H16ClN5O3S/c1-2-23-17(12-7-9-13(10-8-12)24(26)27)21-22-18(23)28-11-16(25)20-15-6-4-3-5-14(15)19/h3-10H,2,11H2,1H3,(H,20,25). The van der Waals surface area contributed by atoms with E-state index in [1.165, 1.54) is 23.9 Å². The Labute approximate surface area is 170 Å². The van der Waals surface area contributed by atoms with Crippen molar-refractivity contribution in [1.29, 1.82) is 0 Å². The van der Waals surface area contributed by atoms with Crippen molar-refractivity contribution >= 4 is 40.6 Å². The fraction of sp³-hybridized carbons (Fsp3) is 0.167. The first-order valence-corrected chi connectivity index (χ1v) is 9.71. The number of nitro groups is 1. The van der Waals surface area contributed by atoms with Crippen molar-refractivity contribution < 1.29 is 9.72 Å². The van der Waals surface area contributed by atoms with Crippen LogP contribution < -0.4 is 5.32 Å². The number of para-hydroxylation sites is 1. The summed E-state index contributed by atoms with van der Waals surface area (Å²) < 4.78 is 1.86. The number of carbonyl (C=O) groups excluding carboxylic acids is 1. The summed E-state index contributed by atoms with van der Waals surface area (Å²) in [4.78, 5) is 22.6. The van der Waals surface area contributed by atoms with Gasteiger partial charge < -0.3 is 9.88 Å². The van der Waals surface area contributed by atoms with Crippen molar-refractivity contribution in [2.24, 2.45) is 0 Å². The van der Waals surface area contributed by atoms with Gasteiger partial charge >= 0.3 is 0 Å². The summed E-state index contributed by atoms with van der Waals surface area (Å²) in [6.45, 7) is 2.53. The third-order valence-electron chi connectivity index (χ3n) is 3.85. The van der Waals surface area contributed by atoms with Gasteiger partial charge in [0.05, 0.1) is 21.4 Å². The second-order valence-electron chi connectivity index (χ2n) is 5.67. The molecule has 8 nitrogen and oxygen atoms in total. The number of halogens is 1. The van der Waals surface area contributed by atoms with Gasteiger partial charge in [0.1, 0.15) is 0 Å². The number of hydrogen-bond acceptors (Lipinski definition) is 6. The molecule has 3 rings (SSSR count). The average Bonchev–Trinajstić information content (AvgIpc) is 3.11. The lowest BCUT2D eigenvalue weighted by molar-refractivity contribution is -0.384. The Kier molecular flexibility index (Phi) is 6.27. The Morgan fingerprint density at radius 3 is 2.57 bits per heavy atom. The number of anilines is 1. The Bertz CT molecular complexity index is 1010. The summed E-state index contributed by atoms with van der Waals surface area (Å²) in [6, 6.07) is 13.1. The van der Waals surface area contributed by atoms with E-state index in [4.69, 9.17) is 11.6 Å². The number of benzene rings is 2. The Balaban J connectivity index is 1.70. The maximum atomic E-state index is 12.2. The number of amides is 1. The second kappa shape index (κ2) is 8.85. The zero-order valence-electron chi connectivity index (χ0n) is 14.8. The molecule has 1 N–H and O–H groups in total. The van der Waals surface area contributed by atoms with Gasteiger partial charge in [-0.15, -0.1) is 10.2 Å². The lowest BCUT2D eigenvalue weighted by atomic mass is 10.2. The topological polar surface area (TPSA) is 103 Å². The summed E-state index contributed by atoms with van der Waals surface area (Å²) in [6.07, 6.45) is 0. The predicted octanol–water partition coefficient (Wildman–Crippen LogP) is 4.26. The third kappa shape index (κ3) is 4.49. The molecule has 0 fully saturated rings. The SMILES string of the molecule is CCn1c(SCC(=O)Nc2ccccc2Cl)nnc1-c1ccc([N+](=O)[O-])cc1. The Hall–Kier alpha value is -2.91. The number of hydrogen-bond donors (Lipinski definition) is 1. The van der Waals surface area contributed by atoms with Crippen LogP contribution in [0.25, 0.3) is 11.4 Å². The molecule has 0 bridgehead atoms. The monoisotopic (exact) mass is 417 g/mol. The van der Waals surface area contributed by atoms with Gasteiger partial charge in [0, 0.05) is 24.2 Å². The van der Waals surface area contributed by atoms with Crippen LogP contribution in [0.4, 0.5) is 11.4 Å². The molecule has 1 aromatic heterocycles. The number of thioether (sulfide) groups is 1. The van der Waals surface area contributed by atoms with E-state index in [0.717, 1.165) is 0 Å². The number of aromatic nitrogens is 3. The molecule has 2 aromatic carbocycles. The first-order chi connectivity index (χ1) is 13.5. The van der Waals surface area contributed by atoms with Crippen LogP contribution in [-0.2, 0) is 11.3 Å². The van der Waals surface area contributed by atoms with Crippen molar-refractivity contribution in [3.63, 3.8) is 0 Å². The smallest absolute Gasteiger partial charge is 0.269 e. The first kappa shape index (κ1) is 19.8. The van der Waals surface area contributed by atoms with Crippen LogP contribution in [-0.4, -0.2) is 31.3 Å². The molecule has 0 saturated heterocycles. The minimum absolute atomic E-state index is 0.0113. The van der Waals surface area contributed by atoms with Crippen LogP contribution >= 0.6 is 23.4 Å². The van der Waals surface area contributed by atoms with Crippen molar-refractivity contribution in [3.05, 3.63) is 63.7 Å². The molecule has 1 amide bonds. The number of nitrogens with one attached hydrogen (secondary N) is 1. The fourth-order valence-electron chi connectivity index (χ4n) is 2.51. The van der Waals surface area contributed by atoms with E-state index in [2.05, 4.69) is 15.5 Å². The molecule has 0 spiro atoms. The van der Waals surface area contributed by atoms with Gasteiger partial charge in [-0.1, -0.05) is 35.5 Å². The molecule has 10 heteroatoms.